The van der Waals surface area contributed by atoms with Crippen LogP contribution in [0.15, 0.2) is 35.5 Å². The molecule has 5 heteroatoms. The molecule has 0 bridgehead atoms. The summed E-state index contributed by atoms with van der Waals surface area (Å²) in [6.07, 6.45) is 4.63. The number of benzene rings is 1. The van der Waals surface area contributed by atoms with Crippen molar-refractivity contribution in [2.45, 2.75) is 12.5 Å². The molecule has 86 valence electrons. The zero-order chi connectivity index (χ0) is 12.1. The predicted molar refractivity (Wildman–Crippen MR) is 70.0 cm³/mol. The molecule has 0 aliphatic heterocycles. The second-order valence-electron chi connectivity index (χ2n) is 3.76. The standard InChI is InChI=1S/C12H13BN2O2/c13-17-8-15-10(7-16)5-9-6-14-12-4-2-1-3-11(9)12/h1-4,6-8,10,14H,5,13H2/t10-/m0/s1. The molecule has 1 heterocycles. The number of fused-ring (bicyclic) bond motifs is 1. The zero-order valence-corrected chi connectivity index (χ0v) is 9.59. The summed E-state index contributed by atoms with van der Waals surface area (Å²) in [5.41, 5.74) is 2.16. The van der Waals surface area contributed by atoms with Gasteiger partial charge in [-0.25, -0.2) is 4.99 Å². The third-order valence-corrected chi connectivity index (χ3v) is 2.62. The van der Waals surface area contributed by atoms with Crippen LogP contribution in [-0.4, -0.2) is 31.8 Å². The molecule has 2 aromatic rings. The van der Waals surface area contributed by atoms with Crippen LogP contribution in [0.3, 0.4) is 0 Å². The van der Waals surface area contributed by atoms with Crippen molar-refractivity contribution in [3.63, 3.8) is 0 Å². The molecule has 0 radical (unpaired) electrons. The van der Waals surface area contributed by atoms with E-state index in [4.69, 9.17) is 4.65 Å². The number of hydrogen-bond donors (Lipinski definition) is 1. The van der Waals surface area contributed by atoms with Gasteiger partial charge in [0.1, 0.15) is 12.3 Å². The van der Waals surface area contributed by atoms with Gasteiger partial charge in [-0.15, -0.1) is 0 Å². The number of nitrogens with one attached hydrogen (secondary N) is 1. The molecule has 1 aromatic heterocycles. The number of carbonyl (C=O) groups is 1. The van der Waals surface area contributed by atoms with E-state index >= 15 is 0 Å². The number of aliphatic imine (C=N–C) groups is 1. The van der Waals surface area contributed by atoms with Crippen molar-refractivity contribution in [2.75, 3.05) is 0 Å². The molecule has 0 spiro atoms. The van der Waals surface area contributed by atoms with Gasteiger partial charge in [0.25, 0.3) is 0 Å². The highest BCUT2D eigenvalue weighted by atomic mass is 16.4. The van der Waals surface area contributed by atoms with E-state index in [1.165, 1.54) is 14.4 Å². The van der Waals surface area contributed by atoms with Crippen LogP contribution in [-0.2, 0) is 15.9 Å². The Balaban J connectivity index is 2.22. The minimum atomic E-state index is -0.394. The highest BCUT2D eigenvalue weighted by Gasteiger charge is 2.09. The number of aldehydes is 1. The molecule has 2 rings (SSSR count). The lowest BCUT2D eigenvalue weighted by atomic mass is 10.1. The van der Waals surface area contributed by atoms with Crippen molar-refractivity contribution in [2.24, 2.45) is 4.99 Å². The first kappa shape index (κ1) is 11.5. The van der Waals surface area contributed by atoms with Crippen molar-refractivity contribution < 1.29 is 9.45 Å². The number of hydrogen-bond acceptors (Lipinski definition) is 3. The van der Waals surface area contributed by atoms with Crippen molar-refractivity contribution in [1.29, 1.82) is 0 Å². The largest absolute Gasteiger partial charge is 0.560 e. The normalized spacial score (nSPS) is 12.9. The van der Waals surface area contributed by atoms with Crippen molar-refractivity contribution in [1.82, 2.24) is 4.98 Å². The third-order valence-electron chi connectivity index (χ3n) is 2.62. The van der Waals surface area contributed by atoms with Crippen LogP contribution in [0, 0.1) is 0 Å². The summed E-state index contributed by atoms with van der Waals surface area (Å²) >= 11 is 0. The Hall–Kier alpha value is -2.04. The molecule has 1 atom stereocenters. The molecule has 17 heavy (non-hydrogen) atoms. The Morgan fingerprint density at radius 2 is 2.29 bits per heavy atom. The molecule has 1 aromatic carbocycles. The second kappa shape index (κ2) is 5.34. The molecule has 0 fully saturated rings. The van der Waals surface area contributed by atoms with Gasteiger partial charge in [-0.1, -0.05) is 18.2 Å². The third kappa shape index (κ3) is 2.56. The van der Waals surface area contributed by atoms with Gasteiger partial charge in [0.05, 0.1) is 0 Å². The van der Waals surface area contributed by atoms with E-state index in [-0.39, 0.29) is 0 Å². The Morgan fingerprint density at radius 1 is 1.47 bits per heavy atom. The highest BCUT2D eigenvalue weighted by Crippen LogP contribution is 2.19. The van der Waals surface area contributed by atoms with Crippen LogP contribution in [0.4, 0.5) is 0 Å². The topological polar surface area (TPSA) is 54.4 Å². The summed E-state index contributed by atoms with van der Waals surface area (Å²) in [6, 6.07) is 7.60. The quantitative estimate of drug-likeness (QED) is 0.357. The SMILES string of the molecule is BOC=N[C@H](C=O)Cc1c[nH]c2ccccc12. The average Bonchev–Trinajstić information content (AvgIpc) is 2.78. The number of nitrogens with zero attached hydrogens (tertiary/aromatic N) is 1. The summed E-state index contributed by atoms with van der Waals surface area (Å²) in [5.74, 6) is 0. The molecule has 4 nitrogen and oxygen atoms in total. The van der Waals surface area contributed by atoms with Crippen LogP contribution < -0.4 is 0 Å². The van der Waals surface area contributed by atoms with E-state index in [0.717, 1.165) is 22.8 Å². The molecule has 0 aliphatic carbocycles. The number of rotatable bonds is 5. The maximum Gasteiger partial charge on any atom is 0.323 e. The van der Waals surface area contributed by atoms with Crippen LogP contribution in [0.5, 0.6) is 0 Å². The predicted octanol–water partition coefficient (Wildman–Crippen LogP) is 0.871. The minimum absolute atomic E-state index is 0.394. The minimum Gasteiger partial charge on any atom is -0.560 e. The van der Waals surface area contributed by atoms with Crippen LogP contribution >= 0.6 is 0 Å². The van der Waals surface area contributed by atoms with Gasteiger partial charge in [0.2, 0.25) is 0 Å². The van der Waals surface area contributed by atoms with E-state index in [9.17, 15) is 4.79 Å². The van der Waals surface area contributed by atoms with E-state index in [1.807, 2.05) is 30.5 Å². The monoisotopic (exact) mass is 228 g/mol. The molecular weight excluding hydrogens is 215 g/mol. The second-order valence-corrected chi connectivity index (χ2v) is 3.76. The van der Waals surface area contributed by atoms with Gasteiger partial charge in [-0.3, -0.25) is 0 Å². The van der Waals surface area contributed by atoms with Gasteiger partial charge in [-0.05, 0) is 11.6 Å². The van der Waals surface area contributed by atoms with Crippen molar-refractivity contribution in [3.8, 4) is 0 Å². The maximum atomic E-state index is 10.9. The van der Waals surface area contributed by atoms with E-state index in [2.05, 4.69) is 9.98 Å². The number of aromatic amines is 1. The van der Waals surface area contributed by atoms with Gasteiger partial charge in [0, 0.05) is 23.5 Å². The summed E-state index contributed by atoms with van der Waals surface area (Å²) in [5, 5.41) is 1.13. The van der Waals surface area contributed by atoms with Crippen LogP contribution in [0.1, 0.15) is 5.56 Å². The molecular formula is C12H13BN2O2. The summed E-state index contributed by atoms with van der Waals surface area (Å²) < 4.78 is 4.72. The number of H-pyrrole nitrogens is 1. The number of para-hydroxylation sites is 1. The van der Waals surface area contributed by atoms with Gasteiger partial charge in [-0.2, -0.15) is 0 Å². The zero-order valence-electron chi connectivity index (χ0n) is 9.59. The first-order valence-corrected chi connectivity index (χ1v) is 5.40. The van der Waals surface area contributed by atoms with Crippen LogP contribution in [0.2, 0.25) is 0 Å². The lowest BCUT2D eigenvalue weighted by Crippen LogP contribution is -2.10. The fourth-order valence-electron chi connectivity index (χ4n) is 1.80. The number of aromatic nitrogens is 1. The maximum absolute atomic E-state index is 10.9. The van der Waals surface area contributed by atoms with E-state index in [1.54, 1.807) is 0 Å². The first-order chi connectivity index (χ1) is 8.35. The summed E-state index contributed by atoms with van der Waals surface area (Å²) in [6.45, 7) is 0. The Labute approximate surface area is 100 Å². The van der Waals surface area contributed by atoms with Gasteiger partial charge < -0.3 is 14.4 Å². The smallest absolute Gasteiger partial charge is 0.323 e. The van der Waals surface area contributed by atoms with Crippen molar-refractivity contribution in [3.05, 3.63) is 36.0 Å². The molecule has 0 saturated carbocycles. The lowest BCUT2D eigenvalue weighted by molar-refractivity contribution is -0.108. The van der Waals surface area contributed by atoms with Gasteiger partial charge in [0.15, 0.2) is 6.40 Å². The Bertz CT molecular complexity index is 536. The number of carbonyl (C=O) groups excluding carboxylic acids is 1. The van der Waals surface area contributed by atoms with E-state index < -0.39 is 6.04 Å². The average molecular weight is 228 g/mol. The van der Waals surface area contributed by atoms with Gasteiger partial charge >= 0.3 is 8.05 Å². The fraction of sp³-hybridized carbons (Fsp3) is 0.167. The molecule has 0 amide bonds. The summed E-state index contributed by atoms with van der Waals surface area (Å²) in [4.78, 5) is 18.1. The molecule has 0 unspecified atom stereocenters. The van der Waals surface area contributed by atoms with Crippen LogP contribution in [0.25, 0.3) is 10.9 Å². The Kier molecular flexibility index (Phi) is 3.60. The van der Waals surface area contributed by atoms with E-state index in [0.29, 0.717) is 6.42 Å². The Morgan fingerprint density at radius 3 is 3.06 bits per heavy atom. The first-order valence-electron chi connectivity index (χ1n) is 5.40. The van der Waals surface area contributed by atoms with Crippen molar-refractivity contribution >= 4 is 31.6 Å². The highest BCUT2D eigenvalue weighted by molar-refractivity contribution is 6.02. The summed E-state index contributed by atoms with van der Waals surface area (Å²) in [7, 11) is 1.51. The lowest BCUT2D eigenvalue weighted by Gasteiger charge is -2.03. The molecule has 0 saturated heterocycles. The molecule has 0 aliphatic rings. The fourth-order valence-corrected chi connectivity index (χ4v) is 1.80. The molecule has 1 N–H and O–H groups in total.